The van der Waals surface area contributed by atoms with Crippen LogP contribution in [0.15, 0.2) is 22.8 Å². The summed E-state index contributed by atoms with van der Waals surface area (Å²) in [6.45, 7) is 6.14. The topological polar surface area (TPSA) is 53.4 Å². The summed E-state index contributed by atoms with van der Waals surface area (Å²) in [6, 6.07) is 3.94. The van der Waals surface area contributed by atoms with Crippen molar-refractivity contribution in [3.05, 3.63) is 28.5 Å². The highest BCUT2D eigenvalue weighted by Gasteiger charge is 2.47. The molecule has 1 fully saturated rings. The molecule has 0 amide bonds. The molecule has 104 valence electrons. The summed E-state index contributed by atoms with van der Waals surface area (Å²) < 4.78 is 0.958. The number of aromatic nitrogens is 1. The van der Waals surface area contributed by atoms with Crippen molar-refractivity contribution >= 4 is 21.9 Å². The highest BCUT2D eigenvalue weighted by molar-refractivity contribution is 9.10. The zero-order chi connectivity index (χ0) is 14.0. The molecule has 5 heteroatoms. The first-order valence-electron chi connectivity index (χ1n) is 6.50. The smallest absolute Gasteiger partial charge is 0.311 e. The van der Waals surface area contributed by atoms with E-state index in [-0.39, 0.29) is 5.92 Å². The minimum Gasteiger partial charge on any atom is -0.481 e. The Bertz CT molecular complexity index is 461. The Balaban J connectivity index is 2.05. The van der Waals surface area contributed by atoms with Crippen LogP contribution in [0.3, 0.4) is 0 Å². The minimum atomic E-state index is -0.672. The van der Waals surface area contributed by atoms with Crippen molar-refractivity contribution in [1.82, 2.24) is 9.88 Å². The van der Waals surface area contributed by atoms with Gasteiger partial charge in [0.25, 0.3) is 0 Å². The lowest BCUT2D eigenvalue weighted by atomic mass is 9.76. The monoisotopic (exact) mass is 326 g/mol. The van der Waals surface area contributed by atoms with Crippen LogP contribution < -0.4 is 0 Å². The molecule has 19 heavy (non-hydrogen) atoms. The number of likely N-dealkylation sites (tertiary alicyclic amines) is 1. The zero-order valence-electron chi connectivity index (χ0n) is 11.3. The Morgan fingerprint density at radius 1 is 1.58 bits per heavy atom. The lowest BCUT2D eigenvalue weighted by Gasteiger charge is -2.28. The summed E-state index contributed by atoms with van der Waals surface area (Å²) in [5.74, 6) is -0.526. The van der Waals surface area contributed by atoms with Crippen LogP contribution in [0, 0.1) is 11.3 Å². The molecule has 2 rings (SSSR count). The fourth-order valence-electron chi connectivity index (χ4n) is 2.67. The summed E-state index contributed by atoms with van der Waals surface area (Å²) in [5.41, 5.74) is 0.378. The van der Waals surface area contributed by atoms with E-state index in [2.05, 4.69) is 25.8 Å². The first-order valence-corrected chi connectivity index (χ1v) is 7.29. The van der Waals surface area contributed by atoms with Gasteiger partial charge >= 0.3 is 5.97 Å². The molecule has 1 N–H and O–H groups in total. The maximum absolute atomic E-state index is 11.6. The summed E-state index contributed by atoms with van der Waals surface area (Å²) >= 11 is 3.36. The van der Waals surface area contributed by atoms with E-state index in [4.69, 9.17) is 0 Å². The van der Waals surface area contributed by atoms with Gasteiger partial charge in [0.05, 0.1) is 11.1 Å². The first-order chi connectivity index (χ1) is 8.94. The summed E-state index contributed by atoms with van der Waals surface area (Å²) in [6.07, 6.45) is 2.49. The highest BCUT2D eigenvalue weighted by atomic mass is 79.9. The molecule has 1 aliphatic rings. The number of aliphatic carboxylic acids is 1. The van der Waals surface area contributed by atoms with Crippen LogP contribution >= 0.6 is 15.9 Å². The third-order valence-electron chi connectivity index (χ3n) is 4.09. The third kappa shape index (κ3) is 2.98. The van der Waals surface area contributed by atoms with E-state index in [9.17, 15) is 9.90 Å². The minimum absolute atomic E-state index is 0.146. The summed E-state index contributed by atoms with van der Waals surface area (Å²) in [7, 11) is 0. The zero-order valence-corrected chi connectivity index (χ0v) is 12.9. The van der Waals surface area contributed by atoms with Gasteiger partial charge < -0.3 is 5.11 Å². The van der Waals surface area contributed by atoms with Crippen LogP contribution in [0.2, 0.25) is 0 Å². The van der Waals surface area contributed by atoms with Gasteiger partial charge in [-0.3, -0.25) is 14.7 Å². The molecule has 2 heterocycles. The number of nitrogens with zero attached hydrogens (tertiary/aromatic N) is 2. The van der Waals surface area contributed by atoms with Crippen molar-refractivity contribution in [3.8, 4) is 0 Å². The second kappa shape index (κ2) is 5.59. The lowest BCUT2D eigenvalue weighted by Crippen LogP contribution is -2.39. The van der Waals surface area contributed by atoms with Crippen molar-refractivity contribution in [2.45, 2.75) is 26.8 Å². The van der Waals surface area contributed by atoms with Gasteiger partial charge in [0, 0.05) is 23.8 Å². The molecule has 0 aromatic carbocycles. The Morgan fingerprint density at radius 3 is 2.79 bits per heavy atom. The van der Waals surface area contributed by atoms with Gasteiger partial charge in [0.1, 0.15) is 0 Å². The maximum Gasteiger partial charge on any atom is 0.311 e. The number of carboxylic acid groups (broad SMARTS) is 1. The van der Waals surface area contributed by atoms with Crippen LogP contribution in [0.4, 0.5) is 0 Å². The Hall–Kier alpha value is -0.940. The van der Waals surface area contributed by atoms with E-state index < -0.39 is 11.4 Å². The Morgan fingerprint density at radius 2 is 2.32 bits per heavy atom. The van der Waals surface area contributed by atoms with Gasteiger partial charge in [-0.1, -0.05) is 13.8 Å². The number of hydrogen-bond donors (Lipinski definition) is 1. The predicted octanol–water partition coefficient (Wildman–Crippen LogP) is 2.78. The van der Waals surface area contributed by atoms with E-state index in [0.29, 0.717) is 6.54 Å². The summed E-state index contributed by atoms with van der Waals surface area (Å²) in [4.78, 5) is 18.1. The average Bonchev–Trinajstić information content (AvgIpc) is 2.77. The molecule has 1 aliphatic heterocycles. The van der Waals surface area contributed by atoms with Crippen LogP contribution in [-0.4, -0.2) is 34.0 Å². The molecule has 1 unspecified atom stereocenters. The number of carbonyl (C=O) groups is 1. The summed E-state index contributed by atoms with van der Waals surface area (Å²) in [5, 5.41) is 9.51. The van der Waals surface area contributed by atoms with Crippen LogP contribution in [0.25, 0.3) is 0 Å². The number of carboxylic acids is 1. The molecule has 0 spiro atoms. The normalized spacial score (nSPS) is 24.0. The van der Waals surface area contributed by atoms with Crippen LogP contribution in [0.1, 0.15) is 26.0 Å². The van der Waals surface area contributed by atoms with Crippen molar-refractivity contribution < 1.29 is 9.90 Å². The van der Waals surface area contributed by atoms with Crippen molar-refractivity contribution in [2.75, 3.05) is 13.1 Å². The first kappa shape index (κ1) is 14.5. The molecule has 4 nitrogen and oxygen atoms in total. The van der Waals surface area contributed by atoms with Crippen LogP contribution in [0.5, 0.6) is 0 Å². The second-order valence-corrected chi connectivity index (χ2v) is 6.46. The van der Waals surface area contributed by atoms with E-state index in [1.54, 1.807) is 6.20 Å². The Kier molecular flexibility index (Phi) is 4.26. The molecule has 0 aliphatic carbocycles. The van der Waals surface area contributed by atoms with E-state index >= 15 is 0 Å². The number of pyridine rings is 1. The SMILES string of the molecule is CC(C)C1(C(=O)O)CCN(Cc2ccc(Br)cn2)C1. The van der Waals surface area contributed by atoms with Gasteiger partial charge in [-0.25, -0.2) is 0 Å². The van der Waals surface area contributed by atoms with Crippen molar-refractivity contribution in [3.63, 3.8) is 0 Å². The number of hydrogen-bond acceptors (Lipinski definition) is 3. The molecular weight excluding hydrogens is 308 g/mol. The fraction of sp³-hybridized carbons (Fsp3) is 0.571. The third-order valence-corrected chi connectivity index (χ3v) is 4.55. The molecule has 1 atom stereocenters. The van der Waals surface area contributed by atoms with E-state index in [1.807, 2.05) is 26.0 Å². The van der Waals surface area contributed by atoms with Gasteiger partial charge in [-0.15, -0.1) is 0 Å². The standard InChI is InChI=1S/C14H19BrN2O2/c1-10(2)14(13(18)19)5-6-17(9-14)8-12-4-3-11(15)7-16-12/h3-4,7,10H,5-6,8-9H2,1-2H3,(H,18,19). The number of halogens is 1. The molecule has 1 saturated heterocycles. The van der Waals surface area contributed by atoms with Gasteiger partial charge in [-0.05, 0) is 46.9 Å². The largest absolute Gasteiger partial charge is 0.481 e. The average molecular weight is 327 g/mol. The van der Waals surface area contributed by atoms with E-state index in [0.717, 1.165) is 29.7 Å². The predicted molar refractivity (Wildman–Crippen MR) is 76.7 cm³/mol. The second-order valence-electron chi connectivity index (χ2n) is 5.54. The Labute approximate surface area is 122 Å². The molecule has 0 bridgehead atoms. The fourth-order valence-corrected chi connectivity index (χ4v) is 2.91. The highest BCUT2D eigenvalue weighted by Crippen LogP contribution is 2.38. The molecule has 1 aromatic heterocycles. The number of rotatable bonds is 4. The van der Waals surface area contributed by atoms with Gasteiger partial charge in [-0.2, -0.15) is 0 Å². The molecule has 0 radical (unpaired) electrons. The van der Waals surface area contributed by atoms with E-state index in [1.165, 1.54) is 0 Å². The molecule has 1 aromatic rings. The van der Waals surface area contributed by atoms with Crippen LogP contribution in [-0.2, 0) is 11.3 Å². The van der Waals surface area contributed by atoms with Gasteiger partial charge in [0.15, 0.2) is 0 Å². The molecule has 0 saturated carbocycles. The van der Waals surface area contributed by atoms with Crippen molar-refractivity contribution in [2.24, 2.45) is 11.3 Å². The molecular formula is C14H19BrN2O2. The van der Waals surface area contributed by atoms with Crippen molar-refractivity contribution in [1.29, 1.82) is 0 Å². The quantitative estimate of drug-likeness (QED) is 0.924. The lowest BCUT2D eigenvalue weighted by molar-refractivity contribution is -0.151. The maximum atomic E-state index is 11.6. The van der Waals surface area contributed by atoms with Gasteiger partial charge in [0.2, 0.25) is 0 Å².